The Bertz CT molecular complexity index is 979. The van der Waals surface area contributed by atoms with Gasteiger partial charge in [-0.15, -0.1) is 0 Å². The molecule has 1 aromatic heterocycles. The second-order valence-electron chi connectivity index (χ2n) is 9.37. The zero-order valence-electron chi connectivity index (χ0n) is 19.7. The van der Waals surface area contributed by atoms with Crippen LogP contribution in [-0.4, -0.2) is 33.4 Å². The van der Waals surface area contributed by atoms with Crippen LogP contribution in [0.1, 0.15) is 65.5 Å². The first kappa shape index (κ1) is 22.4. The molecule has 0 bridgehead atoms. The van der Waals surface area contributed by atoms with Gasteiger partial charge in [0, 0.05) is 5.70 Å². The van der Waals surface area contributed by atoms with E-state index in [1.807, 2.05) is 38.1 Å². The largest absolute Gasteiger partial charge is 0.494 e. The van der Waals surface area contributed by atoms with Crippen LogP contribution >= 0.6 is 0 Å². The Labute approximate surface area is 190 Å². The summed E-state index contributed by atoms with van der Waals surface area (Å²) in [5, 5.41) is 7.64. The molecule has 1 aliphatic carbocycles. The average molecular weight is 439 g/mol. The minimum absolute atomic E-state index is 0.0651. The van der Waals surface area contributed by atoms with Crippen molar-refractivity contribution in [2.24, 2.45) is 17.8 Å². The maximum atomic E-state index is 13.6. The Morgan fingerprint density at radius 3 is 2.69 bits per heavy atom. The Balaban J connectivity index is 1.66. The van der Waals surface area contributed by atoms with E-state index in [-0.39, 0.29) is 12.1 Å². The van der Waals surface area contributed by atoms with Crippen molar-refractivity contribution in [1.82, 2.24) is 14.8 Å². The van der Waals surface area contributed by atoms with Gasteiger partial charge in [-0.1, -0.05) is 39.3 Å². The first-order valence-corrected chi connectivity index (χ1v) is 11.7. The smallest absolute Gasteiger partial charge is 0.338 e. The van der Waals surface area contributed by atoms with Crippen LogP contribution in [0.15, 0.2) is 41.9 Å². The van der Waals surface area contributed by atoms with Crippen molar-refractivity contribution in [3.8, 4) is 5.75 Å². The molecule has 7 heteroatoms. The molecule has 4 rings (SSSR count). The number of allylic oxidation sites excluding steroid dienone is 1. The third-order valence-corrected chi connectivity index (χ3v) is 6.74. The van der Waals surface area contributed by atoms with Crippen molar-refractivity contribution >= 4 is 11.9 Å². The summed E-state index contributed by atoms with van der Waals surface area (Å²) in [5.41, 5.74) is 2.26. The predicted molar refractivity (Wildman–Crippen MR) is 123 cm³/mol. The van der Waals surface area contributed by atoms with E-state index in [9.17, 15) is 4.79 Å². The Morgan fingerprint density at radius 1 is 1.25 bits per heavy atom. The number of hydrogen-bond acceptors (Lipinski definition) is 6. The monoisotopic (exact) mass is 438 g/mol. The van der Waals surface area contributed by atoms with Crippen LogP contribution in [0.4, 0.5) is 5.95 Å². The summed E-state index contributed by atoms with van der Waals surface area (Å²) in [6.45, 7) is 11.2. The van der Waals surface area contributed by atoms with Gasteiger partial charge in [-0.25, -0.2) is 9.48 Å². The van der Waals surface area contributed by atoms with Gasteiger partial charge < -0.3 is 14.8 Å². The highest BCUT2D eigenvalue weighted by Crippen LogP contribution is 2.39. The third kappa shape index (κ3) is 4.38. The molecular weight excluding hydrogens is 404 g/mol. The number of benzene rings is 1. The van der Waals surface area contributed by atoms with Crippen LogP contribution in [0.25, 0.3) is 0 Å². The van der Waals surface area contributed by atoms with Crippen LogP contribution in [-0.2, 0) is 9.53 Å². The second kappa shape index (κ2) is 9.35. The fraction of sp³-hybridized carbons (Fsp3) is 0.560. The molecule has 2 heterocycles. The standard InChI is InChI=1S/C25H34N4O3/c1-6-31-19-10-8-18(9-11-19)23-22(17(5)28-25-26-14-27-29(23)25)24(30)32-21-13-16(4)7-12-20(21)15(2)3/h8-11,14-16,20-21,23H,6-7,12-13H2,1-5H3,(H,26,27,28)/t16-,20-,21+,23+/m0/s1. The highest BCUT2D eigenvalue weighted by atomic mass is 16.5. The molecule has 1 aliphatic heterocycles. The van der Waals surface area contributed by atoms with Crippen LogP contribution in [0.3, 0.4) is 0 Å². The average Bonchev–Trinajstić information content (AvgIpc) is 3.21. The molecular formula is C25H34N4O3. The highest BCUT2D eigenvalue weighted by Gasteiger charge is 2.38. The van der Waals surface area contributed by atoms with E-state index in [1.165, 1.54) is 12.7 Å². The molecule has 172 valence electrons. The molecule has 0 spiro atoms. The van der Waals surface area contributed by atoms with Gasteiger partial charge >= 0.3 is 5.97 Å². The Hall–Kier alpha value is -2.83. The minimum Gasteiger partial charge on any atom is -0.494 e. The lowest BCUT2D eigenvalue weighted by molar-refractivity contribution is -0.151. The Kier molecular flexibility index (Phi) is 6.53. The number of ether oxygens (including phenoxy) is 2. The first-order chi connectivity index (χ1) is 15.4. The number of fused-ring (bicyclic) bond motifs is 1. The van der Waals surface area contributed by atoms with E-state index in [0.29, 0.717) is 35.9 Å². The van der Waals surface area contributed by atoms with Crippen LogP contribution in [0.2, 0.25) is 0 Å². The van der Waals surface area contributed by atoms with E-state index in [4.69, 9.17) is 9.47 Å². The molecule has 0 unspecified atom stereocenters. The van der Waals surface area contributed by atoms with Crippen molar-refractivity contribution in [2.75, 3.05) is 11.9 Å². The number of carbonyl (C=O) groups excluding carboxylic acids is 1. The number of aromatic nitrogens is 3. The number of nitrogens with one attached hydrogen (secondary N) is 1. The molecule has 0 amide bonds. The fourth-order valence-electron chi connectivity index (χ4n) is 5.03. The maximum absolute atomic E-state index is 13.6. The summed E-state index contributed by atoms with van der Waals surface area (Å²) in [5.74, 6) is 2.56. The van der Waals surface area contributed by atoms with E-state index in [2.05, 4.69) is 36.2 Å². The molecule has 1 N–H and O–H groups in total. The number of rotatable bonds is 6. The normalized spacial score (nSPS) is 25.3. The summed E-state index contributed by atoms with van der Waals surface area (Å²) in [4.78, 5) is 17.9. The zero-order chi connectivity index (χ0) is 22.8. The van der Waals surface area contributed by atoms with Crippen molar-refractivity contribution in [3.63, 3.8) is 0 Å². The van der Waals surface area contributed by atoms with Gasteiger partial charge in [-0.05, 0) is 62.1 Å². The Morgan fingerprint density at radius 2 is 2.00 bits per heavy atom. The summed E-state index contributed by atoms with van der Waals surface area (Å²) in [6, 6.07) is 7.40. The number of anilines is 1. The van der Waals surface area contributed by atoms with Crippen LogP contribution in [0, 0.1) is 17.8 Å². The van der Waals surface area contributed by atoms with Crippen molar-refractivity contribution in [3.05, 3.63) is 47.4 Å². The molecule has 2 aliphatic rings. The molecule has 0 saturated heterocycles. The quantitative estimate of drug-likeness (QED) is 0.642. The van der Waals surface area contributed by atoms with Gasteiger partial charge in [0.1, 0.15) is 24.2 Å². The van der Waals surface area contributed by atoms with Crippen molar-refractivity contribution in [1.29, 1.82) is 0 Å². The van der Waals surface area contributed by atoms with E-state index >= 15 is 0 Å². The maximum Gasteiger partial charge on any atom is 0.338 e. The topological polar surface area (TPSA) is 78.3 Å². The molecule has 1 saturated carbocycles. The zero-order valence-corrected chi connectivity index (χ0v) is 19.7. The molecule has 1 aromatic carbocycles. The molecule has 2 aromatic rings. The van der Waals surface area contributed by atoms with Crippen LogP contribution < -0.4 is 10.1 Å². The van der Waals surface area contributed by atoms with Crippen molar-refractivity contribution in [2.45, 2.75) is 66.0 Å². The van der Waals surface area contributed by atoms with Gasteiger partial charge in [0.15, 0.2) is 0 Å². The van der Waals surface area contributed by atoms with Crippen molar-refractivity contribution < 1.29 is 14.3 Å². The number of carbonyl (C=O) groups is 1. The second-order valence-corrected chi connectivity index (χ2v) is 9.37. The van der Waals surface area contributed by atoms with E-state index in [1.54, 1.807) is 4.68 Å². The van der Waals surface area contributed by atoms with Gasteiger partial charge in [0.2, 0.25) is 5.95 Å². The summed E-state index contributed by atoms with van der Waals surface area (Å²) >= 11 is 0. The molecule has 1 fully saturated rings. The lowest BCUT2D eigenvalue weighted by Gasteiger charge is -2.37. The number of nitrogens with zero attached hydrogens (tertiary/aromatic N) is 3. The third-order valence-electron chi connectivity index (χ3n) is 6.74. The van der Waals surface area contributed by atoms with Crippen LogP contribution in [0.5, 0.6) is 5.75 Å². The highest BCUT2D eigenvalue weighted by molar-refractivity contribution is 5.92. The first-order valence-electron chi connectivity index (χ1n) is 11.7. The molecule has 0 radical (unpaired) electrons. The predicted octanol–water partition coefficient (Wildman–Crippen LogP) is 4.97. The summed E-state index contributed by atoms with van der Waals surface area (Å²) < 4.78 is 13.6. The van der Waals surface area contributed by atoms with Gasteiger partial charge in [-0.3, -0.25) is 0 Å². The minimum atomic E-state index is -0.407. The van der Waals surface area contributed by atoms with Gasteiger partial charge in [-0.2, -0.15) is 10.1 Å². The van der Waals surface area contributed by atoms with Gasteiger partial charge in [0.25, 0.3) is 0 Å². The van der Waals surface area contributed by atoms with E-state index < -0.39 is 6.04 Å². The lowest BCUT2D eigenvalue weighted by atomic mass is 9.75. The van der Waals surface area contributed by atoms with E-state index in [0.717, 1.165) is 29.9 Å². The SMILES string of the molecule is CCOc1ccc([C@@H]2C(C(=O)O[C@@H]3C[C@@H](C)CC[C@H]3C(C)C)=C(C)Nc3ncnn32)cc1. The lowest BCUT2D eigenvalue weighted by Crippen LogP contribution is -2.38. The number of hydrogen-bond donors (Lipinski definition) is 1. The summed E-state index contributed by atoms with van der Waals surface area (Å²) in [7, 11) is 0. The molecule has 4 atom stereocenters. The molecule has 7 nitrogen and oxygen atoms in total. The summed E-state index contributed by atoms with van der Waals surface area (Å²) in [6.07, 6.45) is 4.64. The fourth-order valence-corrected chi connectivity index (χ4v) is 5.03. The molecule has 32 heavy (non-hydrogen) atoms. The number of esters is 1. The van der Waals surface area contributed by atoms with Gasteiger partial charge in [0.05, 0.1) is 12.2 Å².